The van der Waals surface area contributed by atoms with Gasteiger partial charge in [0.1, 0.15) is 10.9 Å². The highest BCUT2D eigenvalue weighted by molar-refractivity contribution is 8.26. The number of phenolic OH excluding ortho intramolecular Hbond substituents is 1. The van der Waals surface area contributed by atoms with Gasteiger partial charge in [-0.05, 0) is 35.4 Å². The van der Waals surface area contributed by atoms with Crippen molar-refractivity contribution in [3.8, 4) is 11.5 Å². The molecular weight excluding hydrogens is 330 g/mol. The first-order valence-electron chi connectivity index (χ1n) is 6.86. The fraction of sp³-hybridized carbons (Fsp3) is 0.0588. The van der Waals surface area contributed by atoms with Gasteiger partial charge in [0.25, 0.3) is 5.91 Å². The monoisotopic (exact) mass is 343 g/mol. The summed E-state index contributed by atoms with van der Waals surface area (Å²) in [6, 6.07) is 14.5. The molecule has 4 nitrogen and oxygen atoms in total. The molecular formula is C17H13NO3S2. The summed E-state index contributed by atoms with van der Waals surface area (Å²) < 4.78 is 6.08. The number of carbonyl (C=O) groups excluding carboxylic acids is 1. The lowest BCUT2D eigenvalue weighted by Gasteiger charge is -2.08. The third-order valence-electron chi connectivity index (χ3n) is 3.15. The van der Waals surface area contributed by atoms with Crippen molar-refractivity contribution >= 4 is 40.3 Å². The molecule has 0 aromatic heterocycles. The van der Waals surface area contributed by atoms with E-state index in [0.29, 0.717) is 21.6 Å². The zero-order chi connectivity index (χ0) is 16.2. The zero-order valence-electron chi connectivity index (χ0n) is 12.0. The molecule has 1 aliphatic heterocycles. The topological polar surface area (TPSA) is 58.6 Å². The molecule has 0 bridgehead atoms. The van der Waals surface area contributed by atoms with E-state index in [1.807, 2.05) is 24.3 Å². The quantitative estimate of drug-likeness (QED) is 0.658. The first-order chi connectivity index (χ1) is 11.1. The number of rotatable bonds is 4. The van der Waals surface area contributed by atoms with Crippen LogP contribution in [0.2, 0.25) is 0 Å². The SMILES string of the molecule is O=C1NC(=S)SC1=Cc1cccc(COc2ccccc2O)c1. The van der Waals surface area contributed by atoms with Crippen molar-refractivity contribution in [3.63, 3.8) is 0 Å². The van der Waals surface area contributed by atoms with Crippen LogP contribution in [-0.2, 0) is 11.4 Å². The zero-order valence-corrected chi connectivity index (χ0v) is 13.6. The number of ether oxygens (including phenoxy) is 1. The van der Waals surface area contributed by atoms with Crippen LogP contribution in [0, 0.1) is 0 Å². The molecule has 3 rings (SSSR count). The third-order valence-corrected chi connectivity index (χ3v) is 4.31. The molecule has 116 valence electrons. The van der Waals surface area contributed by atoms with Crippen LogP contribution < -0.4 is 10.1 Å². The molecule has 1 heterocycles. The molecule has 0 unspecified atom stereocenters. The normalized spacial score (nSPS) is 15.7. The second kappa shape index (κ2) is 6.85. The van der Waals surface area contributed by atoms with Crippen molar-refractivity contribution in [1.82, 2.24) is 5.32 Å². The van der Waals surface area contributed by atoms with Crippen molar-refractivity contribution < 1.29 is 14.6 Å². The van der Waals surface area contributed by atoms with Crippen molar-refractivity contribution in [2.45, 2.75) is 6.61 Å². The molecule has 1 saturated heterocycles. The van der Waals surface area contributed by atoms with E-state index in [9.17, 15) is 9.90 Å². The van der Waals surface area contributed by atoms with Gasteiger partial charge in [0, 0.05) is 0 Å². The Morgan fingerprint density at radius 1 is 1.22 bits per heavy atom. The summed E-state index contributed by atoms with van der Waals surface area (Å²) in [6.45, 7) is 0.326. The summed E-state index contributed by atoms with van der Waals surface area (Å²) in [5.74, 6) is 0.376. The lowest BCUT2D eigenvalue weighted by molar-refractivity contribution is -0.115. The van der Waals surface area contributed by atoms with Crippen LogP contribution in [0.5, 0.6) is 11.5 Å². The van der Waals surface area contributed by atoms with Crippen molar-refractivity contribution in [3.05, 3.63) is 64.6 Å². The number of phenols is 1. The number of amides is 1. The standard InChI is InChI=1S/C17H13NO3S2/c19-13-6-1-2-7-14(13)21-10-12-5-3-4-11(8-12)9-15-16(20)18-17(22)23-15/h1-9,19H,10H2,(H,18,20,22). The Hall–Kier alpha value is -2.31. The van der Waals surface area contributed by atoms with E-state index in [1.165, 1.54) is 11.8 Å². The molecule has 0 radical (unpaired) electrons. The number of benzene rings is 2. The van der Waals surface area contributed by atoms with Gasteiger partial charge < -0.3 is 15.2 Å². The fourth-order valence-corrected chi connectivity index (χ4v) is 3.13. The Labute approximate surface area is 143 Å². The minimum atomic E-state index is -0.170. The molecule has 1 amide bonds. The highest BCUT2D eigenvalue weighted by atomic mass is 32.2. The molecule has 2 aromatic carbocycles. The molecule has 0 aliphatic carbocycles. The van der Waals surface area contributed by atoms with Gasteiger partial charge in [-0.2, -0.15) is 0 Å². The first-order valence-corrected chi connectivity index (χ1v) is 8.09. The van der Waals surface area contributed by atoms with Crippen LogP contribution in [-0.4, -0.2) is 15.3 Å². The Morgan fingerprint density at radius 3 is 2.78 bits per heavy atom. The van der Waals surface area contributed by atoms with E-state index < -0.39 is 0 Å². The molecule has 1 fully saturated rings. The highest BCUT2D eigenvalue weighted by Crippen LogP contribution is 2.27. The lowest BCUT2D eigenvalue weighted by atomic mass is 10.1. The smallest absolute Gasteiger partial charge is 0.263 e. The summed E-state index contributed by atoms with van der Waals surface area (Å²) >= 11 is 6.22. The second-order valence-electron chi connectivity index (χ2n) is 4.85. The van der Waals surface area contributed by atoms with Crippen molar-refractivity contribution in [2.24, 2.45) is 0 Å². The van der Waals surface area contributed by atoms with Crippen LogP contribution in [0.1, 0.15) is 11.1 Å². The lowest BCUT2D eigenvalue weighted by Crippen LogP contribution is -2.17. The molecule has 0 atom stereocenters. The molecule has 0 saturated carbocycles. The third kappa shape index (κ3) is 3.91. The predicted molar refractivity (Wildman–Crippen MR) is 95.2 cm³/mol. The number of carbonyl (C=O) groups is 1. The predicted octanol–water partition coefficient (Wildman–Crippen LogP) is 3.46. The van der Waals surface area contributed by atoms with Gasteiger partial charge in [-0.1, -0.05) is 54.3 Å². The van der Waals surface area contributed by atoms with E-state index >= 15 is 0 Å². The second-order valence-corrected chi connectivity index (χ2v) is 6.57. The van der Waals surface area contributed by atoms with E-state index in [4.69, 9.17) is 17.0 Å². The van der Waals surface area contributed by atoms with Crippen molar-refractivity contribution in [1.29, 1.82) is 0 Å². The van der Waals surface area contributed by atoms with Crippen LogP contribution in [0.15, 0.2) is 53.4 Å². The maximum Gasteiger partial charge on any atom is 0.263 e. The maximum absolute atomic E-state index is 11.7. The summed E-state index contributed by atoms with van der Waals surface area (Å²) in [5.41, 5.74) is 1.83. The van der Waals surface area contributed by atoms with E-state index in [0.717, 1.165) is 11.1 Å². The van der Waals surface area contributed by atoms with Gasteiger partial charge >= 0.3 is 0 Å². The van der Waals surface area contributed by atoms with Crippen LogP contribution >= 0.6 is 24.0 Å². The summed E-state index contributed by atoms with van der Waals surface area (Å²) in [5, 5.41) is 12.3. The van der Waals surface area contributed by atoms with Crippen LogP contribution in [0.25, 0.3) is 6.08 Å². The van der Waals surface area contributed by atoms with Gasteiger partial charge in [-0.15, -0.1) is 0 Å². The number of aromatic hydroxyl groups is 1. The number of hydrogen-bond donors (Lipinski definition) is 2. The van der Waals surface area contributed by atoms with E-state index in [-0.39, 0.29) is 11.7 Å². The van der Waals surface area contributed by atoms with Gasteiger partial charge in [0.05, 0.1) is 4.91 Å². The fourth-order valence-electron chi connectivity index (χ4n) is 2.09. The van der Waals surface area contributed by atoms with Crippen LogP contribution in [0.4, 0.5) is 0 Å². The minimum Gasteiger partial charge on any atom is -0.504 e. The number of thioether (sulfide) groups is 1. The summed E-state index contributed by atoms with van der Waals surface area (Å²) in [4.78, 5) is 12.3. The molecule has 6 heteroatoms. The minimum absolute atomic E-state index is 0.110. The summed E-state index contributed by atoms with van der Waals surface area (Å²) in [6.07, 6.45) is 1.79. The molecule has 2 N–H and O–H groups in total. The Balaban J connectivity index is 1.73. The Morgan fingerprint density at radius 2 is 2.04 bits per heavy atom. The van der Waals surface area contributed by atoms with Gasteiger partial charge in [0.2, 0.25) is 0 Å². The molecule has 2 aromatic rings. The first kappa shape index (κ1) is 15.6. The molecule has 1 aliphatic rings. The average molecular weight is 343 g/mol. The van der Waals surface area contributed by atoms with Gasteiger partial charge in [-0.3, -0.25) is 4.79 Å². The largest absolute Gasteiger partial charge is 0.504 e. The summed E-state index contributed by atoms with van der Waals surface area (Å²) in [7, 11) is 0. The number of nitrogens with one attached hydrogen (secondary N) is 1. The van der Waals surface area contributed by atoms with Crippen LogP contribution in [0.3, 0.4) is 0 Å². The molecule has 0 spiro atoms. The van der Waals surface area contributed by atoms with Gasteiger partial charge in [0.15, 0.2) is 11.5 Å². The number of thiocarbonyl (C=S) groups is 1. The maximum atomic E-state index is 11.7. The molecule has 23 heavy (non-hydrogen) atoms. The Kier molecular flexibility index (Phi) is 4.64. The number of hydrogen-bond acceptors (Lipinski definition) is 5. The van der Waals surface area contributed by atoms with Crippen molar-refractivity contribution in [2.75, 3.05) is 0 Å². The average Bonchev–Trinajstić information content (AvgIpc) is 2.84. The van der Waals surface area contributed by atoms with E-state index in [2.05, 4.69) is 5.32 Å². The number of para-hydroxylation sites is 2. The van der Waals surface area contributed by atoms with E-state index in [1.54, 1.807) is 30.3 Å². The van der Waals surface area contributed by atoms with Gasteiger partial charge in [-0.25, -0.2) is 0 Å². The Bertz CT molecular complexity index is 802. The highest BCUT2D eigenvalue weighted by Gasteiger charge is 2.21.